The van der Waals surface area contributed by atoms with Gasteiger partial charge in [0.05, 0.1) is 4.90 Å². The van der Waals surface area contributed by atoms with E-state index in [9.17, 15) is 18.3 Å². The van der Waals surface area contributed by atoms with Gasteiger partial charge in [0, 0.05) is 19.8 Å². The van der Waals surface area contributed by atoms with Crippen LogP contribution in [0.15, 0.2) is 29.2 Å². The molecule has 1 rings (SSSR count). The first-order valence-electron chi connectivity index (χ1n) is 6.48. The Bertz CT molecular complexity index is 618. The molecule has 0 fully saturated rings. The summed E-state index contributed by atoms with van der Waals surface area (Å²) in [6, 6.07) is 5.33. The van der Waals surface area contributed by atoms with E-state index in [1.165, 1.54) is 26.2 Å². The first kappa shape index (κ1) is 17.5. The number of sulfonamides is 1. The molecular weight excluding hydrogens is 292 g/mol. The fraction of sp³-hybridized carbons (Fsp3) is 0.500. The number of aliphatic carboxylic acids is 1. The van der Waals surface area contributed by atoms with E-state index < -0.39 is 27.4 Å². The molecular formula is C14H22N2O4S. The number of benzene rings is 1. The number of hydrogen-bond acceptors (Lipinski definition) is 4. The van der Waals surface area contributed by atoms with Crippen LogP contribution in [0.1, 0.15) is 20.8 Å². The van der Waals surface area contributed by atoms with Crippen molar-refractivity contribution in [2.24, 2.45) is 5.41 Å². The molecule has 1 unspecified atom stereocenters. The molecule has 7 heteroatoms. The maximum absolute atomic E-state index is 12.1. The molecule has 0 aliphatic carbocycles. The first-order valence-corrected chi connectivity index (χ1v) is 7.92. The number of hydrogen-bond donors (Lipinski definition) is 2. The van der Waals surface area contributed by atoms with Crippen LogP contribution >= 0.6 is 0 Å². The topological polar surface area (TPSA) is 86.7 Å². The van der Waals surface area contributed by atoms with E-state index in [2.05, 4.69) is 5.32 Å². The summed E-state index contributed by atoms with van der Waals surface area (Å²) in [4.78, 5) is 11.5. The van der Waals surface area contributed by atoms with Crippen molar-refractivity contribution in [1.29, 1.82) is 0 Å². The predicted octanol–water partition coefficient (Wildman–Crippen LogP) is 1.85. The summed E-state index contributed by atoms with van der Waals surface area (Å²) >= 11 is 0. The summed E-state index contributed by atoms with van der Waals surface area (Å²) in [5.74, 6) is -0.983. The van der Waals surface area contributed by atoms with Gasteiger partial charge in [0.25, 0.3) is 0 Å². The Morgan fingerprint density at radius 3 is 2.29 bits per heavy atom. The van der Waals surface area contributed by atoms with Crippen LogP contribution in [0.25, 0.3) is 0 Å². The molecule has 0 amide bonds. The molecule has 1 aromatic carbocycles. The van der Waals surface area contributed by atoms with E-state index in [4.69, 9.17) is 0 Å². The van der Waals surface area contributed by atoms with E-state index in [1.54, 1.807) is 32.9 Å². The second-order valence-electron chi connectivity index (χ2n) is 6.10. The van der Waals surface area contributed by atoms with Crippen molar-refractivity contribution in [2.45, 2.75) is 31.7 Å². The van der Waals surface area contributed by atoms with Crippen LogP contribution in [0.2, 0.25) is 0 Å². The third kappa shape index (κ3) is 4.18. The van der Waals surface area contributed by atoms with Gasteiger partial charge in [0.2, 0.25) is 10.0 Å². The summed E-state index contributed by atoms with van der Waals surface area (Å²) in [5, 5.41) is 12.2. The average molecular weight is 314 g/mol. The van der Waals surface area contributed by atoms with Crippen molar-refractivity contribution in [3.8, 4) is 0 Å². The molecule has 1 atom stereocenters. The van der Waals surface area contributed by atoms with Gasteiger partial charge in [-0.3, -0.25) is 0 Å². The van der Waals surface area contributed by atoms with Gasteiger partial charge >= 0.3 is 5.97 Å². The van der Waals surface area contributed by atoms with E-state index in [1.807, 2.05) is 0 Å². The fourth-order valence-corrected chi connectivity index (χ4v) is 2.72. The van der Waals surface area contributed by atoms with Gasteiger partial charge in [-0.1, -0.05) is 26.8 Å². The van der Waals surface area contributed by atoms with Gasteiger partial charge in [-0.25, -0.2) is 17.5 Å². The normalized spacial score (nSPS) is 14.0. The third-order valence-corrected chi connectivity index (χ3v) is 4.85. The highest BCUT2D eigenvalue weighted by Gasteiger charge is 2.31. The minimum Gasteiger partial charge on any atom is -0.480 e. The molecule has 0 saturated heterocycles. The third-order valence-electron chi connectivity index (χ3n) is 3.04. The van der Waals surface area contributed by atoms with Crippen LogP contribution in [0.5, 0.6) is 0 Å². The molecule has 0 saturated carbocycles. The monoisotopic (exact) mass is 314 g/mol. The largest absolute Gasteiger partial charge is 0.480 e. The lowest BCUT2D eigenvalue weighted by Crippen LogP contribution is -2.41. The first-order chi connectivity index (χ1) is 9.46. The Balaban J connectivity index is 3.15. The Hall–Kier alpha value is -1.60. The second-order valence-corrected chi connectivity index (χ2v) is 8.25. The van der Waals surface area contributed by atoms with Crippen molar-refractivity contribution < 1.29 is 18.3 Å². The minimum absolute atomic E-state index is 0.121. The highest BCUT2D eigenvalue weighted by Crippen LogP contribution is 2.25. The van der Waals surface area contributed by atoms with Crippen LogP contribution in [-0.4, -0.2) is 43.9 Å². The maximum atomic E-state index is 12.1. The molecule has 0 bridgehead atoms. The molecule has 21 heavy (non-hydrogen) atoms. The van der Waals surface area contributed by atoms with E-state index in [-0.39, 0.29) is 4.90 Å². The van der Waals surface area contributed by atoms with Crippen molar-refractivity contribution in [1.82, 2.24) is 4.31 Å². The average Bonchev–Trinajstić information content (AvgIpc) is 2.34. The van der Waals surface area contributed by atoms with Crippen LogP contribution in [-0.2, 0) is 14.8 Å². The van der Waals surface area contributed by atoms with Crippen LogP contribution in [0.4, 0.5) is 5.69 Å². The summed E-state index contributed by atoms with van der Waals surface area (Å²) in [6.45, 7) is 5.41. The number of carboxylic acid groups (broad SMARTS) is 1. The molecule has 1 aromatic rings. The lowest BCUT2D eigenvalue weighted by Gasteiger charge is -2.28. The molecule has 0 radical (unpaired) electrons. The Morgan fingerprint density at radius 1 is 1.29 bits per heavy atom. The van der Waals surface area contributed by atoms with Gasteiger partial charge in [-0.05, 0) is 23.6 Å². The lowest BCUT2D eigenvalue weighted by atomic mass is 9.86. The molecule has 0 aliphatic heterocycles. The number of carbonyl (C=O) groups is 1. The Labute approximate surface area is 125 Å². The zero-order valence-corrected chi connectivity index (χ0v) is 13.7. The number of nitrogens with one attached hydrogen (secondary N) is 1. The van der Waals surface area contributed by atoms with E-state index >= 15 is 0 Å². The Kier molecular flexibility index (Phi) is 5.01. The zero-order chi connectivity index (χ0) is 16.4. The van der Waals surface area contributed by atoms with E-state index in [0.717, 1.165) is 4.31 Å². The standard InChI is InChI=1S/C14H22N2O4S/c1-14(2,3)12(13(17)18)15-10-7-6-8-11(9-10)21(19,20)16(4)5/h6-9,12,15H,1-5H3,(H,17,18). The molecule has 6 nitrogen and oxygen atoms in total. The molecule has 0 aliphatic rings. The highest BCUT2D eigenvalue weighted by atomic mass is 32.2. The summed E-state index contributed by atoms with van der Waals surface area (Å²) < 4.78 is 25.3. The smallest absolute Gasteiger partial charge is 0.326 e. The zero-order valence-electron chi connectivity index (χ0n) is 12.9. The predicted molar refractivity (Wildman–Crippen MR) is 81.8 cm³/mol. The minimum atomic E-state index is -3.55. The van der Waals surface area contributed by atoms with Gasteiger partial charge in [0.1, 0.15) is 6.04 Å². The number of rotatable bonds is 5. The van der Waals surface area contributed by atoms with Crippen LogP contribution in [0, 0.1) is 5.41 Å². The lowest BCUT2D eigenvalue weighted by molar-refractivity contribution is -0.140. The summed E-state index contributed by atoms with van der Waals surface area (Å²) in [5.41, 5.74) is -0.0531. The van der Waals surface area contributed by atoms with Gasteiger partial charge in [-0.15, -0.1) is 0 Å². The molecule has 2 N–H and O–H groups in total. The molecule has 118 valence electrons. The number of nitrogens with zero attached hydrogens (tertiary/aromatic N) is 1. The van der Waals surface area contributed by atoms with Crippen molar-refractivity contribution in [3.63, 3.8) is 0 Å². The maximum Gasteiger partial charge on any atom is 0.326 e. The highest BCUT2D eigenvalue weighted by molar-refractivity contribution is 7.89. The molecule has 0 aromatic heterocycles. The van der Waals surface area contributed by atoms with Gasteiger partial charge in [0.15, 0.2) is 0 Å². The van der Waals surface area contributed by atoms with Crippen LogP contribution in [0.3, 0.4) is 0 Å². The molecule has 0 spiro atoms. The van der Waals surface area contributed by atoms with Gasteiger partial charge in [-0.2, -0.15) is 0 Å². The quantitative estimate of drug-likeness (QED) is 0.866. The number of carboxylic acids is 1. The summed E-state index contributed by atoms with van der Waals surface area (Å²) in [7, 11) is -0.647. The van der Waals surface area contributed by atoms with Crippen molar-refractivity contribution in [3.05, 3.63) is 24.3 Å². The second kappa shape index (κ2) is 6.03. The Morgan fingerprint density at radius 2 is 1.86 bits per heavy atom. The SMILES string of the molecule is CN(C)S(=O)(=O)c1cccc(NC(C(=O)O)C(C)(C)C)c1. The molecule has 0 heterocycles. The van der Waals surface area contributed by atoms with Gasteiger partial charge < -0.3 is 10.4 Å². The fourth-order valence-electron chi connectivity index (χ4n) is 1.77. The van der Waals surface area contributed by atoms with Crippen LogP contribution < -0.4 is 5.32 Å². The van der Waals surface area contributed by atoms with Crippen molar-refractivity contribution in [2.75, 3.05) is 19.4 Å². The van der Waals surface area contributed by atoms with E-state index in [0.29, 0.717) is 5.69 Å². The summed E-state index contributed by atoms with van der Waals surface area (Å²) in [6.07, 6.45) is 0. The van der Waals surface area contributed by atoms with Crippen molar-refractivity contribution >= 4 is 21.7 Å². The number of anilines is 1.